The van der Waals surface area contributed by atoms with E-state index in [0.717, 1.165) is 11.1 Å². The molecule has 0 spiro atoms. The van der Waals surface area contributed by atoms with Crippen LogP contribution in [-0.2, 0) is 4.79 Å². The zero-order valence-electron chi connectivity index (χ0n) is 16.5. The first kappa shape index (κ1) is 22.3. The topological polar surface area (TPSA) is 107 Å². The molecule has 1 heterocycles. The Morgan fingerprint density at radius 1 is 1.19 bits per heavy atom. The van der Waals surface area contributed by atoms with Crippen LogP contribution in [0.1, 0.15) is 16.9 Å². The molecule has 0 saturated heterocycles. The summed E-state index contributed by atoms with van der Waals surface area (Å²) in [5.41, 5.74) is 4.44. The highest BCUT2D eigenvalue weighted by molar-refractivity contribution is 6.33. The molecule has 0 bridgehead atoms. The quantitative estimate of drug-likeness (QED) is 0.291. The van der Waals surface area contributed by atoms with Crippen LogP contribution in [0.25, 0.3) is 11.3 Å². The second-order valence-corrected chi connectivity index (χ2v) is 7.36. The number of non-ortho nitro benzene ring substituents is 1. The molecule has 1 amide bonds. The third kappa shape index (κ3) is 5.62. The number of nitrogens with one attached hydrogen (secondary N) is 1. The number of furan rings is 1. The lowest BCUT2D eigenvalue weighted by Crippen LogP contribution is -2.24. The molecule has 1 N–H and O–H groups in total. The summed E-state index contributed by atoms with van der Waals surface area (Å²) in [5, 5.41) is 15.5. The number of rotatable bonds is 7. The van der Waals surface area contributed by atoms with Gasteiger partial charge in [0.15, 0.2) is 6.61 Å². The van der Waals surface area contributed by atoms with Crippen molar-refractivity contribution in [3.63, 3.8) is 0 Å². The van der Waals surface area contributed by atoms with Crippen molar-refractivity contribution in [2.24, 2.45) is 5.10 Å². The van der Waals surface area contributed by atoms with Crippen LogP contribution in [-0.4, -0.2) is 23.7 Å². The molecule has 0 aliphatic heterocycles. The van der Waals surface area contributed by atoms with E-state index in [-0.39, 0.29) is 17.3 Å². The second-order valence-electron chi connectivity index (χ2n) is 6.58. The molecule has 0 aliphatic rings. The molecule has 2 aromatic carbocycles. The van der Waals surface area contributed by atoms with Gasteiger partial charge in [-0.05, 0) is 55.3 Å². The SMILES string of the molecule is Cc1cc(OCC(=O)N/N=C/c2ccc(-c3ccc([N+](=O)[O-])cc3Cl)o2)cc(C)c1Cl. The Balaban J connectivity index is 1.57. The molecule has 0 atom stereocenters. The number of nitrogens with zero attached hydrogens (tertiary/aromatic N) is 2. The first-order valence-electron chi connectivity index (χ1n) is 9.00. The van der Waals surface area contributed by atoms with Crippen LogP contribution < -0.4 is 10.2 Å². The third-order valence-corrected chi connectivity index (χ3v) is 5.13. The van der Waals surface area contributed by atoms with Crippen molar-refractivity contribution in [2.45, 2.75) is 13.8 Å². The van der Waals surface area contributed by atoms with Crippen LogP contribution in [0.5, 0.6) is 5.75 Å². The molecular formula is C21H17Cl2N3O5. The van der Waals surface area contributed by atoms with E-state index in [4.69, 9.17) is 32.4 Å². The Kier molecular flexibility index (Phi) is 6.94. The van der Waals surface area contributed by atoms with Crippen molar-refractivity contribution >= 4 is 41.0 Å². The minimum atomic E-state index is -0.530. The van der Waals surface area contributed by atoms with Gasteiger partial charge in [0.05, 0.1) is 16.2 Å². The second kappa shape index (κ2) is 9.63. The Hall–Kier alpha value is -3.36. The van der Waals surface area contributed by atoms with Crippen molar-refractivity contribution in [2.75, 3.05) is 6.61 Å². The summed E-state index contributed by atoms with van der Waals surface area (Å²) in [7, 11) is 0. The summed E-state index contributed by atoms with van der Waals surface area (Å²) >= 11 is 12.2. The van der Waals surface area contributed by atoms with Crippen molar-refractivity contribution in [3.05, 3.63) is 79.5 Å². The average Bonchev–Trinajstić information content (AvgIpc) is 3.18. The van der Waals surface area contributed by atoms with Crippen molar-refractivity contribution in [3.8, 4) is 17.1 Å². The number of ether oxygens (including phenoxy) is 1. The van der Waals surface area contributed by atoms with E-state index in [1.165, 1.54) is 24.4 Å². The van der Waals surface area contributed by atoms with Gasteiger partial charge < -0.3 is 9.15 Å². The molecule has 3 aromatic rings. The van der Waals surface area contributed by atoms with Gasteiger partial charge in [0.2, 0.25) is 0 Å². The first-order chi connectivity index (χ1) is 14.7. The van der Waals surface area contributed by atoms with Crippen molar-refractivity contribution < 1.29 is 18.9 Å². The molecule has 0 unspecified atom stereocenters. The summed E-state index contributed by atoms with van der Waals surface area (Å²) < 4.78 is 11.1. The standard InChI is InChI=1S/C21H17Cl2N3O5/c1-12-7-16(8-13(2)21(12)23)30-11-20(27)25-24-10-15-4-6-19(31-15)17-5-3-14(26(28)29)9-18(17)22/h3-10H,11H2,1-2H3,(H,25,27)/b24-10+. The molecule has 10 heteroatoms. The van der Waals surface area contributed by atoms with Gasteiger partial charge in [-0.3, -0.25) is 14.9 Å². The minimum Gasteiger partial charge on any atom is -0.484 e. The van der Waals surface area contributed by atoms with Crippen LogP contribution >= 0.6 is 23.2 Å². The van der Waals surface area contributed by atoms with Crippen molar-refractivity contribution in [1.29, 1.82) is 0 Å². The number of halogens is 2. The van der Waals surface area contributed by atoms with E-state index >= 15 is 0 Å². The fourth-order valence-corrected chi connectivity index (χ4v) is 3.10. The average molecular weight is 462 g/mol. The van der Waals surface area contributed by atoms with E-state index in [2.05, 4.69) is 10.5 Å². The molecular weight excluding hydrogens is 445 g/mol. The highest BCUT2D eigenvalue weighted by Gasteiger charge is 2.13. The Bertz CT molecular complexity index is 1150. The monoisotopic (exact) mass is 461 g/mol. The number of aryl methyl sites for hydroxylation is 2. The van der Waals surface area contributed by atoms with Crippen LogP contribution in [0.3, 0.4) is 0 Å². The van der Waals surface area contributed by atoms with Gasteiger partial charge in [0, 0.05) is 22.7 Å². The summed E-state index contributed by atoms with van der Waals surface area (Å²) in [5.74, 6) is 0.847. The molecule has 8 nitrogen and oxygen atoms in total. The largest absolute Gasteiger partial charge is 0.484 e. The molecule has 0 radical (unpaired) electrons. The minimum absolute atomic E-state index is 0.115. The van der Waals surface area contributed by atoms with E-state index in [9.17, 15) is 14.9 Å². The normalized spacial score (nSPS) is 11.0. The maximum atomic E-state index is 11.9. The van der Waals surface area contributed by atoms with Gasteiger partial charge in [-0.25, -0.2) is 5.43 Å². The number of amides is 1. The predicted molar refractivity (Wildman–Crippen MR) is 118 cm³/mol. The molecule has 160 valence electrons. The Morgan fingerprint density at radius 2 is 1.90 bits per heavy atom. The maximum absolute atomic E-state index is 11.9. The van der Waals surface area contributed by atoms with Crippen LogP contribution in [0, 0.1) is 24.0 Å². The smallest absolute Gasteiger partial charge is 0.277 e. The number of carbonyl (C=O) groups is 1. The highest BCUT2D eigenvalue weighted by atomic mass is 35.5. The third-order valence-electron chi connectivity index (χ3n) is 4.22. The zero-order chi connectivity index (χ0) is 22.5. The van der Waals surface area contributed by atoms with Crippen molar-refractivity contribution in [1.82, 2.24) is 5.43 Å². The summed E-state index contributed by atoms with van der Waals surface area (Å²) in [6.07, 6.45) is 1.32. The molecule has 0 aliphatic carbocycles. The lowest BCUT2D eigenvalue weighted by molar-refractivity contribution is -0.384. The number of hydrogen-bond acceptors (Lipinski definition) is 6. The molecule has 3 rings (SSSR count). The fourth-order valence-electron chi connectivity index (χ4n) is 2.72. The Morgan fingerprint density at radius 3 is 2.55 bits per heavy atom. The number of nitro benzene ring substituents is 1. The van der Waals surface area contributed by atoms with E-state index in [1.54, 1.807) is 24.3 Å². The number of hydrogen-bond donors (Lipinski definition) is 1. The Labute approximate surface area is 187 Å². The number of carbonyl (C=O) groups excluding carboxylic acids is 1. The summed E-state index contributed by atoms with van der Waals surface area (Å²) in [4.78, 5) is 22.2. The van der Waals surface area contributed by atoms with Gasteiger partial charge in [-0.15, -0.1) is 0 Å². The molecule has 31 heavy (non-hydrogen) atoms. The summed E-state index contributed by atoms with van der Waals surface area (Å²) in [6.45, 7) is 3.49. The van der Waals surface area contributed by atoms with Crippen LogP contribution in [0.2, 0.25) is 10.0 Å². The summed E-state index contributed by atoms with van der Waals surface area (Å²) in [6, 6.07) is 10.8. The van der Waals surface area contributed by atoms with Crippen LogP contribution in [0.15, 0.2) is 52.0 Å². The molecule has 1 aromatic heterocycles. The number of benzene rings is 2. The van der Waals surface area contributed by atoms with Gasteiger partial charge in [-0.1, -0.05) is 23.2 Å². The van der Waals surface area contributed by atoms with Gasteiger partial charge in [-0.2, -0.15) is 5.10 Å². The van der Waals surface area contributed by atoms with E-state index < -0.39 is 10.8 Å². The van der Waals surface area contributed by atoms with Gasteiger partial charge in [0.25, 0.3) is 11.6 Å². The van der Waals surface area contributed by atoms with Crippen LogP contribution in [0.4, 0.5) is 5.69 Å². The fraction of sp³-hybridized carbons (Fsp3) is 0.143. The first-order valence-corrected chi connectivity index (χ1v) is 9.76. The molecule has 0 fully saturated rings. The lowest BCUT2D eigenvalue weighted by Gasteiger charge is -2.09. The van der Waals surface area contributed by atoms with E-state index in [0.29, 0.717) is 27.9 Å². The lowest BCUT2D eigenvalue weighted by atomic mass is 10.1. The molecule has 0 saturated carbocycles. The predicted octanol–water partition coefficient (Wildman–Crippen LogP) is 5.31. The number of hydrazone groups is 1. The maximum Gasteiger partial charge on any atom is 0.277 e. The zero-order valence-corrected chi connectivity index (χ0v) is 18.0. The van der Waals surface area contributed by atoms with Gasteiger partial charge >= 0.3 is 0 Å². The highest BCUT2D eigenvalue weighted by Crippen LogP contribution is 2.32. The van der Waals surface area contributed by atoms with Gasteiger partial charge in [0.1, 0.15) is 17.3 Å². The van der Waals surface area contributed by atoms with E-state index in [1.807, 2.05) is 13.8 Å². The number of nitro groups is 1.